The molecule has 0 aromatic carbocycles. The quantitative estimate of drug-likeness (QED) is 0.864. The average Bonchev–Trinajstić information content (AvgIpc) is 2.41. The molecular formula is C14H18F3N3O3. The number of nitrogens with one attached hydrogen (secondary N) is 1. The van der Waals surface area contributed by atoms with E-state index in [0.29, 0.717) is 18.8 Å². The predicted molar refractivity (Wildman–Crippen MR) is 74.6 cm³/mol. The molecule has 1 heterocycles. The van der Waals surface area contributed by atoms with Crippen LogP contribution in [0.25, 0.3) is 0 Å². The lowest BCUT2D eigenvalue weighted by Crippen LogP contribution is -2.41. The Hall–Kier alpha value is -2.19. The van der Waals surface area contributed by atoms with Gasteiger partial charge in [0.25, 0.3) is 5.91 Å². The van der Waals surface area contributed by atoms with Gasteiger partial charge in [0.1, 0.15) is 6.04 Å². The maximum atomic E-state index is 12.3. The molecule has 0 fully saturated rings. The zero-order chi connectivity index (χ0) is 17.8. The van der Waals surface area contributed by atoms with Gasteiger partial charge in [-0.1, -0.05) is 20.8 Å². The number of halogens is 3. The minimum absolute atomic E-state index is 0.115. The van der Waals surface area contributed by atoms with Gasteiger partial charge in [0.05, 0.1) is 5.56 Å². The van der Waals surface area contributed by atoms with Crippen molar-refractivity contribution in [3.05, 3.63) is 23.8 Å². The molecule has 0 bridgehead atoms. The molecule has 0 radical (unpaired) electrons. The van der Waals surface area contributed by atoms with Crippen LogP contribution >= 0.6 is 0 Å². The zero-order valence-corrected chi connectivity index (χ0v) is 12.9. The van der Waals surface area contributed by atoms with Gasteiger partial charge < -0.3 is 10.4 Å². The molecule has 1 amide bonds. The highest BCUT2D eigenvalue weighted by Crippen LogP contribution is 2.25. The lowest BCUT2D eigenvalue weighted by Gasteiger charge is -2.21. The first-order chi connectivity index (χ1) is 10.4. The molecule has 9 heteroatoms. The van der Waals surface area contributed by atoms with Crippen LogP contribution in [-0.2, 0) is 11.0 Å². The molecule has 1 unspecified atom stereocenters. The number of hydrogen-bond acceptors (Lipinski definition) is 4. The van der Waals surface area contributed by atoms with E-state index in [0.717, 1.165) is 0 Å². The Morgan fingerprint density at radius 2 is 1.74 bits per heavy atom. The van der Waals surface area contributed by atoms with Crippen LogP contribution in [-0.4, -0.2) is 33.0 Å². The van der Waals surface area contributed by atoms with Gasteiger partial charge in [0.15, 0.2) is 0 Å². The summed E-state index contributed by atoms with van der Waals surface area (Å²) in [4.78, 5) is 29.2. The number of aliphatic carboxylic acids is 1. The number of aromatic nitrogens is 2. The fourth-order valence-electron chi connectivity index (χ4n) is 1.67. The average molecular weight is 333 g/mol. The van der Waals surface area contributed by atoms with Crippen LogP contribution < -0.4 is 5.32 Å². The second kappa shape index (κ2) is 6.93. The molecule has 0 saturated heterocycles. The first-order valence-electron chi connectivity index (χ1n) is 6.83. The largest absolute Gasteiger partial charge is 0.480 e. The van der Waals surface area contributed by atoms with Crippen molar-refractivity contribution in [2.75, 3.05) is 0 Å². The van der Waals surface area contributed by atoms with E-state index in [1.807, 2.05) is 20.8 Å². The Labute approximate surface area is 131 Å². The molecule has 1 aromatic heterocycles. The summed E-state index contributed by atoms with van der Waals surface area (Å²) in [7, 11) is 0. The first-order valence-corrected chi connectivity index (χ1v) is 6.83. The maximum Gasteiger partial charge on any atom is 0.451 e. The van der Waals surface area contributed by atoms with E-state index in [9.17, 15) is 22.8 Å². The molecule has 0 spiro atoms. The number of carboxylic acid groups (broad SMARTS) is 1. The van der Waals surface area contributed by atoms with Crippen molar-refractivity contribution in [2.24, 2.45) is 5.41 Å². The summed E-state index contributed by atoms with van der Waals surface area (Å²) in [5.74, 6) is -3.41. The van der Waals surface area contributed by atoms with Crippen molar-refractivity contribution < 1.29 is 27.9 Å². The summed E-state index contributed by atoms with van der Waals surface area (Å²) in [6.07, 6.45) is -2.52. The Kier molecular flexibility index (Phi) is 5.68. The molecule has 0 saturated carbocycles. The molecular weight excluding hydrogens is 315 g/mol. The van der Waals surface area contributed by atoms with Gasteiger partial charge in [-0.15, -0.1) is 0 Å². The van der Waals surface area contributed by atoms with Gasteiger partial charge in [-0.3, -0.25) is 4.79 Å². The molecule has 1 rings (SSSR count). The van der Waals surface area contributed by atoms with E-state index >= 15 is 0 Å². The van der Waals surface area contributed by atoms with Crippen LogP contribution in [0.1, 0.15) is 49.8 Å². The maximum absolute atomic E-state index is 12.3. The van der Waals surface area contributed by atoms with Crippen LogP contribution in [0.4, 0.5) is 13.2 Å². The molecule has 23 heavy (non-hydrogen) atoms. The van der Waals surface area contributed by atoms with Crippen LogP contribution in [0.3, 0.4) is 0 Å². The second-order valence-corrected chi connectivity index (χ2v) is 6.26. The predicted octanol–water partition coefficient (Wildman–Crippen LogP) is 2.50. The Balaban J connectivity index is 2.77. The summed E-state index contributed by atoms with van der Waals surface area (Å²) in [5, 5.41) is 11.4. The summed E-state index contributed by atoms with van der Waals surface area (Å²) >= 11 is 0. The number of carbonyl (C=O) groups excluding carboxylic acids is 1. The summed E-state index contributed by atoms with van der Waals surface area (Å²) in [6, 6.07) is -1.14. The third kappa shape index (κ3) is 6.21. The standard InChI is InChI=1S/C14H18F3N3O3/c1-13(2,3)5-4-9(11(22)23)20-10(21)8-6-18-12(19-7-8)14(15,16)17/h6-7,9H,4-5H2,1-3H3,(H,20,21)(H,22,23). The van der Waals surface area contributed by atoms with Crippen molar-refractivity contribution >= 4 is 11.9 Å². The Bertz CT molecular complexity index is 565. The highest BCUT2D eigenvalue weighted by atomic mass is 19.4. The summed E-state index contributed by atoms with van der Waals surface area (Å²) < 4.78 is 37.0. The van der Waals surface area contributed by atoms with Gasteiger partial charge in [0, 0.05) is 12.4 Å². The number of amides is 1. The highest BCUT2D eigenvalue weighted by Gasteiger charge is 2.34. The Morgan fingerprint density at radius 3 is 2.13 bits per heavy atom. The number of hydrogen-bond donors (Lipinski definition) is 2. The minimum Gasteiger partial charge on any atom is -0.480 e. The van der Waals surface area contributed by atoms with E-state index in [1.54, 1.807) is 0 Å². The van der Waals surface area contributed by atoms with Gasteiger partial charge in [-0.05, 0) is 18.3 Å². The minimum atomic E-state index is -4.70. The second-order valence-electron chi connectivity index (χ2n) is 6.26. The van der Waals surface area contributed by atoms with E-state index in [4.69, 9.17) is 5.11 Å². The van der Waals surface area contributed by atoms with Crippen LogP contribution in [0.5, 0.6) is 0 Å². The van der Waals surface area contributed by atoms with Crippen molar-refractivity contribution in [1.82, 2.24) is 15.3 Å². The van der Waals surface area contributed by atoms with Crippen LogP contribution in [0.15, 0.2) is 12.4 Å². The topological polar surface area (TPSA) is 92.2 Å². The molecule has 6 nitrogen and oxygen atoms in total. The van der Waals surface area contributed by atoms with Crippen LogP contribution in [0.2, 0.25) is 0 Å². The van der Waals surface area contributed by atoms with Gasteiger partial charge in [-0.25, -0.2) is 14.8 Å². The SMILES string of the molecule is CC(C)(C)CCC(NC(=O)c1cnc(C(F)(F)F)nc1)C(=O)O. The van der Waals surface area contributed by atoms with Crippen molar-refractivity contribution in [3.8, 4) is 0 Å². The number of carboxylic acids is 1. The third-order valence-corrected chi connectivity index (χ3v) is 2.95. The monoisotopic (exact) mass is 333 g/mol. The lowest BCUT2D eigenvalue weighted by molar-refractivity contribution is -0.145. The number of carbonyl (C=O) groups is 2. The molecule has 0 aliphatic rings. The number of rotatable bonds is 5. The molecule has 1 atom stereocenters. The lowest BCUT2D eigenvalue weighted by atomic mass is 9.88. The fourth-order valence-corrected chi connectivity index (χ4v) is 1.67. The van der Waals surface area contributed by atoms with Gasteiger partial charge >= 0.3 is 12.1 Å². The normalized spacial score (nSPS) is 13.5. The van der Waals surface area contributed by atoms with E-state index < -0.39 is 29.9 Å². The zero-order valence-electron chi connectivity index (χ0n) is 12.9. The Morgan fingerprint density at radius 1 is 1.22 bits per heavy atom. The molecule has 2 N–H and O–H groups in total. The molecule has 128 valence electrons. The van der Waals surface area contributed by atoms with Crippen LogP contribution in [0, 0.1) is 5.41 Å². The fraction of sp³-hybridized carbons (Fsp3) is 0.571. The van der Waals surface area contributed by atoms with Crippen molar-refractivity contribution in [3.63, 3.8) is 0 Å². The van der Waals surface area contributed by atoms with E-state index in [1.165, 1.54) is 0 Å². The number of alkyl halides is 3. The van der Waals surface area contributed by atoms with Gasteiger partial charge in [-0.2, -0.15) is 13.2 Å². The summed E-state index contributed by atoms with van der Waals surface area (Å²) in [6.45, 7) is 5.78. The smallest absolute Gasteiger partial charge is 0.451 e. The highest BCUT2D eigenvalue weighted by molar-refractivity contribution is 5.96. The van der Waals surface area contributed by atoms with E-state index in [2.05, 4.69) is 15.3 Å². The number of nitrogens with zero attached hydrogens (tertiary/aromatic N) is 2. The molecule has 0 aliphatic carbocycles. The van der Waals surface area contributed by atoms with E-state index in [-0.39, 0.29) is 17.4 Å². The van der Waals surface area contributed by atoms with Gasteiger partial charge in [0.2, 0.25) is 5.82 Å². The van der Waals surface area contributed by atoms with Crippen molar-refractivity contribution in [2.45, 2.75) is 45.8 Å². The first kappa shape index (κ1) is 18.9. The summed E-state index contributed by atoms with van der Waals surface area (Å²) in [5.41, 5.74) is -0.351. The third-order valence-electron chi connectivity index (χ3n) is 2.95. The molecule has 1 aromatic rings. The van der Waals surface area contributed by atoms with Crippen molar-refractivity contribution in [1.29, 1.82) is 0 Å². The molecule has 0 aliphatic heterocycles.